The maximum Gasteiger partial charge on any atom is 0.243 e. The van der Waals surface area contributed by atoms with Crippen molar-refractivity contribution in [2.75, 3.05) is 18.4 Å². The van der Waals surface area contributed by atoms with Crippen molar-refractivity contribution >= 4 is 11.8 Å². The van der Waals surface area contributed by atoms with E-state index in [0.29, 0.717) is 11.8 Å². The number of aromatic amines is 1. The van der Waals surface area contributed by atoms with Crippen LogP contribution >= 0.6 is 0 Å². The summed E-state index contributed by atoms with van der Waals surface area (Å²) in [5, 5.41) is 13.9. The summed E-state index contributed by atoms with van der Waals surface area (Å²) >= 11 is 0. The molecule has 1 aliphatic rings. The summed E-state index contributed by atoms with van der Waals surface area (Å²) in [6, 6.07) is 3.59. The standard InChI is InChI=1S/C16H23N5O2/c1-10-7-14(19-18-10)13-5-4-6-21(9-13)12(3)16(22)17-15-8-11(2)20-23-15/h7-8,12-13H,4-6,9H2,1-3H3,(H,17,22)(H,18,19)/t12-,13+/m1/s1. The van der Waals surface area contributed by atoms with Crippen LogP contribution in [0.4, 0.5) is 5.88 Å². The van der Waals surface area contributed by atoms with Crippen LogP contribution in [0.3, 0.4) is 0 Å². The number of hydrogen-bond acceptors (Lipinski definition) is 5. The molecule has 23 heavy (non-hydrogen) atoms. The number of nitrogens with one attached hydrogen (secondary N) is 2. The highest BCUT2D eigenvalue weighted by Crippen LogP contribution is 2.27. The molecule has 0 radical (unpaired) electrons. The van der Waals surface area contributed by atoms with E-state index in [-0.39, 0.29) is 11.9 Å². The Morgan fingerprint density at radius 3 is 2.96 bits per heavy atom. The monoisotopic (exact) mass is 317 g/mol. The molecule has 0 saturated carbocycles. The van der Waals surface area contributed by atoms with Gasteiger partial charge in [-0.15, -0.1) is 0 Å². The Bertz CT molecular complexity index is 678. The summed E-state index contributed by atoms with van der Waals surface area (Å²) in [6.07, 6.45) is 2.17. The summed E-state index contributed by atoms with van der Waals surface area (Å²) in [5.41, 5.74) is 2.91. The van der Waals surface area contributed by atoms with Crippen molar-refractivity contribution in [3.63, 3.8) is 0 Å². The molecule has 1 saturated heterocycles. The summed E-state index contributed by atoms with van der Waals surface area (Å²) in [5.74, 6) is 0.701. The highest BCUT2D eigenvalue weighted by Gasteiger charge is 2.29. The minimum Gasteiger partial charge on any atom is -0.338 e. The number of H-pyrrole nitrogens is 1. The number of aryl methyl sites for hydroxylation is 2. The van der Waals surface area contributed by atoms with Gasteiger partial charge in [-0.1, -0.05) is 5.16 Å². The normalized spacial score (nSPS) is 20.4. The van der Waals surface area contributed by atoms with Gasteiger partial charge in [-0.3, -0.25) is 20.1 Å². The summed E-state index contributed by atoms with van der Waals surface area (Å²) in [7, 11) is 0. The van der Waals surface area contributed by atoms with Crippen molar-refractivity contribution < 1.29 is 9.32 Å². The fourth-order valence-corrected chi connectivity index (χ4v) is 3.06. The van der Waals surface area contributed by atoms with Crippen LogP contribution in [0.2, 0.25) is 0 Å². The van der Waals surface area contributed by atoms with Crippen LogP contribution in [0, 0.1) is 13.8 Å². The zero-order valence-electron chi connectivity index (χ0n) is 13.8. The highest BCUT2D eigenvalue weighted by atomic mass is 16.5. The minimum atomic E-state index is -0.219. The lowest BCUT2D eigenvalue weighted by molar-refractivity contribution is -0.121. The molecule has 0 bridgehead atoms. The van der Waals surface area contributed by atoms with Gasteiger partial charge in [0.25, 0.3) is 0 Å². The molecule has 3 rings (SSSR count). The number of likely N-dealkylation sites (tertiary alicyclic amines) is 1. The molecule has 0 unspecified atom stereocenters. The third-order valence-electron chi connectivity index (χ3n) is 4.40. The predicted molar refractivity (Wildman–Crippen MR) is 86.2 cm³/mol. The minimum absolute atomic E-state index is 0.0694. The molecule has 7 nitrogen and oxygen atoms in total. The predicted octanol–water partition coefficient (Wildman–Crippen LogP) is 2.22. The molecule has 2 N–H and O–H groups in total. The molecule has 1 amide bonds. The van der Waals surface area contributed by atoms with Gasteiger partial charge in [0.2, 0.25) is 11.8 Å². The summed E-state index contributed by atoms with van der Waals surface area (Å²) < 4.78 is 5.05. The van der Waals surface area contributed by atoms with E-state index in [1.807, 2.05) is 20.8 Å². The number of carbonyl (C=O) groups excluding carboxylic acids is 1. The zero-order valence-corrected chi connectivity index (χ0v) is 13.8. The second kappa shape index (κ2) is 6.54. The van der Waals surface area contributed by atoms with Crippen molar-refractivity contribution in [2.45, 2.75) is 45.6 Å². The largest absolute Gasteiger partial charge is 0.338 e. The number of aromatic nitrogens is 3. The first-order chi connectivity index (χ1) is 11.0. The van der Waals surface area contributed by atoms with Crippen LogP contribution in [0.15, 0.2) is 16.7 Å². The van der Waals surface area contributed by atoms with Gasteiger partial charge >= 0.3 is 0 Å². The van der Waals surface area contributed by atoms with E-state index in [2.05, 4.69) is 31.6 Å². The topological polar surface area (TPSA) is 87.0 Å². The number of piperidine rings is 1. The van der Waals surface area contributed by atoms with Gasteiger partial charge in [0, 0.05) is 24.2 Å². The van der Waals surface area contributed by atoms with Crippen molar-refractivity contribution in [1.82, 2.24) is 20.3 Å². The van der Waals surface area contributed by atoms with Crippen molar-refractivity contribution in [2.24, 2.45) is 0 Å². The number of nitrogens with zero attached hydrogens (tertiary/aromatic N) is 3. The Balaban J connectivity index is 1.62. The average Bonchev–Trinajstić information content (AvgIpc) is 3.15. The average molecular weight is 317 g/mol. The molecule has 3 heterocycles. The number of amides is 1. The van der Waals surface area contributed by atoms with Gasteiger partial charge in [-0.2, -0.15) is 5.10 Å². The Morgan fingerprint density at radius 1 is 1.48 bits per heavy atom. The zero-order chi connectivity index (χ0) is 16.4. The first-order valence-corrected chi connectivity index (χ1v) is 8.03. The van der Waals surface area contributed by atoms with Crippen molar-refractivity contribution in [3.05, 3.63) is 29.2 Å². The Kier molecular flexibility index (Phi) is 4.47. The number of carbonyl (C=O) groups is 1. The smallest absolute Gasteiger partial charge is 0.243 e. The Morgan fingerprint density at radius 2 is 2.30 bits per heavy atom. The van der Waals surface area contributed by atoms with Crippen molar-refractivity contribution in [3.8, 4) is 0 Å². The number of rotatable bonds is 4. The van der Waals surface area contributed by atoms with Gasteiger partial charge in [-0.05, 0) is 46.2 Å². The van der Waals surface area contributed by atoms with Gasteiger partial charge in [0.15, 0.2) is 0 Å². The van der Waals surface area contributed by atoms with E-state index in [1.54, 1.807) is 6.07 Å². The van der Waals surface area contributed by atoms with Crippen LogP contribution in [0.5, 0.6) is 0 Å². The molecule has 0 aliphatic carbocycles. The van der Waals surface area contributed by atoms with Gasteiger partial charge in [0.1, 0.15) is 0 Å². The number of anilines is 1. The van der Waals surface area contributed by atoms with E-state index >= 15 is 0 Å². The van der Waals surface area contributed by atoms with Gasteiger partial charge in [-0.25, -0.2) is 0 Å². The SMILES string of the molecule is Cc1cc(NC(=O)[C@@H](C)N2CCC[C@H](c3cc(C)[nH]n3)C2)on1. The lowest BCUT2D eigenvalue weighted by atomic mass is 9.93. The summed E-state index contributed by atoms with van der Waals surface area (Å²) in [6.45, 7) is 7.52. The van der Waals surface area contributed by atoms with Crippen LogP contribution in [0.25, 0.3) is 0 Å². The lowest BCUT2D eigenvalue weighted by Gasteiger charge is -2.35. The first kappa shape index (κ1) is 15.7. The Labute approximate surface area is 135 Å². The van der Waals surface area contributed by atoms with Crippen LogP contribution in [0.1, 0.15) is 42.8 Å². The molecular weight excluding hydrogens is 294 g/mol. The molecule has 124 valence electrons. The Hall–Kier alpha value is -2.15. The third kappa shape index (κ3) is 3.61. The van der Waals surface area contributed by atoms with E-state index in [4.69, 9.17) is 4.52 Å². The fourth-order valence-electron chi connectivity index (χ4n) is 3.06. The van der Waals surface area contributed by atoms with E-state index < -0.39 is 0 Å². The highest BCUT2D eigenvalue weighted by molar-refractivity contribution is 5.93. The molecule has 7 heteroatoms. The maximum absolute atomic E-state index is 12.4. The van der Waals surface area contributed by atoms with Crippen LogP contribution < -0.4 is 5.32 Å². The molecule has 0 spiro atoms. The maximum atomic E-state index is 12.4. The van der Waals surface area contributed by atoms with Crippen LogP contribution in [-0.4, -0.2) is 45.3 Å². The van der Waals surface area contributed by atoms with Crippen molar-refractivity contribution in [1.29, 1.82) is 0 Å². The molecular formula is C16H23N5O2. The fraction of sp³-hybridized carbons (Fsp3) is 0.562. The van der Waals surface area contributed by atoms with E-state index in [1.165, 1.54) is 0 Å². The summed E-state index contributed by atoms with van der Waals surface area (Å²) in [4.78, 5) is 14.6. The lowest BCUT2D eigenvalue weighted by Crippen LogP contribution is -2.46. The molecule has 2 aromatic heterocycles. The second-order valence-corrected chi connectivity index (χ2v) is 6.31. The molecule has 2 aromatic rings. The van der Waals surface area contributed by atoms with E-state index in [9.17, 15) is 4.79 Å². The molecule has 0 aromatic carbocycles. The van der Waals surface area contributed by atoms with Gasteiger partial charge in [0.05, 0.1) is 17.4 Å². The van der Waals surface area contributed by atoms with Gasteiger partial charge < -0.3 is 4.52 Å². The first-order valence-electron chi connectivity index (χ1n) is 8.03. The quantitative estimate of drug-likeness (QED) is 0.903. The molecule has 2 atom stereocenters. The molecule has 1 aliphatic heterocycles. The molecule has 1 fully saturated rings. The van der Waals surface area contributed by atoms with Crippen LogP contribution in [-0.2, 0) is 4.79 Å². The van der Waals surface area contributed by atoms with E-state index in [0.717, 1.165) is 43.0 Å². The third-order valence-corrected chi connectivity index (χ3v) is 4.40. The second-order valence-electron chi connectivity index (χ2n) is 6.31. The number of hydrogen-bond donors (Lipinski definition) is 2.